The molecule has 0 atom stereocenters. The molecular formula is C13H24O3Si2. The molecule has 0 radical (unpaired) electrons. The van der Waals surface area contributed by atoms with Gasteiger partial charge in [0.05, 0.1) is 8.07 Å². The second-order valence-corrected chi connectivity index (χ2v) is 13.4. The Balaban J connectivity index is 2.86. The fraction of sp³-hybridized carbons (Fsp3) is 0.538. The molecule has 0 aliphatic heterocycles. The Morgan fingerprint density at radius 3 is 1.61 bits per heavy atom. The summed E-state index contributed by atoms with van der Waals surface area (Å²) in [5, 5.41) is 1.46. The summed E-state index contributed by atoms with van der Waals surface area (Å²) in [6.07, 6.45) is 0. The summed E-state index contributed by atoms with van der Waals surface area (Å²) in [4.78, 5) is 0. The minimum atomic E-state index is -2.51. The van der Waals surface area contributed by atoms with Crippen LogP contribution in [0.2, 0.25) is 19.6 Å². The molecule has 0 aliphatic carbocycles. The monoisotopic (exact) mass is 284 g/mol. The van der Waals surface area contributed by atoms with Gasteiger partial charge in [-0.2, -0.15) is 0 Å². The van der Waals surface area contributed by atoms with Gasteiger partial charge in [-0.1, -0.05) is 49.1 Å². The van der Waals surface area contributed by atoms with Crippen LogP contribution in [0.3, 0.4) is 0 Å². The van der Waals surface area contributed by atoms with E-state index >= 15 is 0 Å². The van der Waals surface area contributed by atoms with E-state index in [4.69, 9.17) is 13.3 Å². The number of rotatable bonds is 6. The van der Waals surface area contributed by atoms with E-state index in [9.17, 15) is 0 Å². The van der Waals surface area contributed by atoms with E-state index in [0.29, 0.717) is 6.04 Å². The Hall–Kier alpha value is -0.466. The van der Waals surface area contributed by atoms with Crippen LogP contribution >= 0.6 is 0 Å². The molecule has 1 aromatic rings. The Morgan fingerprint density at radius 2 is 1.28 bits per heavy atom. The molecule has 18 heavy (non-hydrogen) atoms. The van der Waals surface area contributed by atoms with Gasteiger partial charge in [0, 0.05) is 27.4 Å². The predicted octanol–water partition coefficient (Wildman–Crippen LogP) is 2.19. The number of hydrogen-bond acceptors (Lipinski definition) is 3. The fourth-order valence-electron chi connectivity index (χ4n) is 1.84. The molecule has 0 saturated carbocycles. The van der Waals surface area contributed by atoms with Crippen molar-refractivity contribution in [3.63, 3.8) is 0 Å². The van der Waals surface area contributed by atoms with Crippen molar-refractivity contribution in [2.45, 2.75) is 25.7 Å². The van der Waals surface area contributed by atoms with Gasteiger partial charge in [0.25, 0.3) is 0 Å². The normalized spacial score (nSPS) is 12.8. The minimum absolute atomic E-state index is 0.711. The van der Waals surface area contributed by atoms with E-state index in [0.717, 1.165) is 0 Å². The zero-order valence-corrected chi connectivity index (χ0v) is 14.2. The van der Waals surface area contributed by atoms with E-state index in [1.54, 1.807) is 21.3 Å². The molecule has 0 N–H and O–H groups in total. The van der Waals surface area contributed by atoms with E-state index in [-0.39, 0.29) is 0 Å². The number of benzene rings is 1. The molecule has 0 saturated heterocycles. The number of hydrogen-bond donors (Lipinski definition) is 0. The summed E-state index contributed by atoms with van der Waals surface area (Å²) in [6.45, 7) is 7.04. The Kier molecular flexibility index (Phi) is 5.30. The second-order valence-electron chi connectivity index (χ2n) is 5.42. The molecule has 1 aromatic carbocycles. The van der Waals surface area contributed by atoms with Crippen molar-refractivity contribution in [3.8, 4) is 0 Å². The van der Waals surface area contributed by atoms with Gasteiger partial charge in [-0.05, 0) is 5.56 Å². The SMILES string of the molecule is CO[Si](Cc1ccc([Si](C)(C)C)cc1)(OC)OC. The molecule has 0 aromatic heterocycles. The van der Waals surface area contributed by atoms with E-state index in [1.165, 1.54) is 10.8 Å². The molecule has 0 spiro atoms. The average Bonchev–Trinajstić information content (AvgIpc) is 2.36. The van der Waals surface area contributed by atoms with Crippen molar-refractivity contribution in [1.29, 1.82) is 0 Å². The zero-order chi connectivity index (χ0) is 13.8. The minimum Gasteiger partial charge on any atom is -0.377 e. The summed E-state index contributed by atoms with van der Waals surface area (Å²) < 4.78 is 16.3. The molecule has 0 unspecified atom stereocenters. The molecule has 5 heteroatoms. The first-order valence-corrected chi connectivity index (χ1v) is 11.5. The van der Waals surface area contributed by atoms with Crippen LogP contribution in [-0.4, -0.2) is 38.2 Å². The van der Waals surface area contributed by atoms with Crippen LogP contribution < -0.4 is 5.19 Å². The first-order chi connectivity index (χ1) is 8.37. The van der Waals surface area contributed by atoms with Crippen LogP contribution in [0.4, 0.5) is 0 Å². The maximum atomic E-state index is 5.44. The molecule has 0 aliphatic rings. The Bertz CT molecular complexity index is 359. The van der Waals surface area contributed by atoms with Gasteiger partial charge in [-0.25, -0.2) is 0 Å². The molecule has 3 nitrogen and oxygen atoms in total. The fourth-order valence-corrected chi connectivity index (χ4v) is 4.67. The molecule has 102 valence electrons. The van der Waals surface area contributed by atoms with Crippen molar-refractivity contribution >= 4 is 22.1 Å². The van der Waals surface area contributed by atoms with E-state index < -0.39 is 16.9 Å². The molecule has 0 bridgehead atoms. The van der Waals surface area contributed by atoms with Gasteiger partial charge in [-0.15, -0.1) is 0 Å². The maximum Gasteiger partial charge on any atom is 0.504 e. The highest BCUT2D eigenvalue weighted by Crippen LogP contribution is 2.14. The molecular weight excluding hydrogens is 260 g/mol. The molecule has 0 fully saturated rings. The third kappa shape index (κ3) is 3.76. The van der Waals surface area contributed by atoms with Crippen LogP contribution in [-0.2, 0) is 19.3 Å². The van der Waals surface area contributed by atoms with E-state index in [2.05, 4.69) is 43.9 Å². The van der Waals surface area contributed by atoms with E-state index in [1.807, 2.05) is 0 Å². The Morgan fingerprint density at radius 1 is 0.833 bits per heavy atom. The summed E-state index contributed by atoms with van der Waals surface area (Å²) in [5.41, 5.74) is 1.20. The highest BCUT2D eigenvalue weighted by Gasteiger charge is 2.37. The molecule has 0 amide bonds. The third-order valence-corrected chi connectivity index (χ3v) is 7.95. The van der Waals surface area contributed by atoms with Crippen molar-refractivity contribution in [3.05, 3.63) is 29.8 Å². The maximum absolute atomic E-state index is 5.44. The summed E-state index contributed by atoms with van der Waals surface area (Å²) >= 11 is 0. The zero-order valence-electron chi connectivity index (χ0n) is 12.2. The second kappa shape index (κ2) is 6.12. The van der Waals surface area contributed by atoms with Crippen molar-refractivity contribution in [1.82, 2.24) is 0 Å². The highest BCUT2D eigenvalue weighted by atomic mass is 28.4. The van der Waals surface area contributed by atoms with Gasteiger partial charge < -0.3 is 13.3 Å². The van der Waals surface area contributed by atoms with Gasteiger partial charge in [0.15, 0.2) is 0 Å². The lowest BCUT2D eigenvalue weighted by atomic mass is 10.2. The standard InChI is InChI=1S/C13H24O3Si2/c1-14-18(15-2,16-3)11-12-7-9-13(10-8-12)17(4,5)6/h7-10H,11H2,1-6H3. The van der Waals surface area contributed by atoms with Crippen molar-refractivity contribution < 1.29 is 13.3 Å². The van der Waals surface area contributed by atoms with Crippen molar-refractivity contribution in [2.24, 2.45) is 0 Å². The largest absolute Gasteiger partial charge is 0.504 e. The third-order valence-electron chi connectivity index (χ3n) is 3.17. The first-order valence-electron chi connectivity index (χ1n) is 6.12. The average molecular weight is 285 g/mol. The topological polar surface area (TPSA) is 27.7 Å². The lowest BCUT2D eigenvalue weighted by Gasteiger charge is -2.24. The van der Waals surface area contributed by atoms with Crippen LogP contribution in [0, 0.1) is 0 Å². The lowest BCUT2D eigenvalue weighted by molar-refractivity contribution is 0.122. The summed E-state index contributed by atoms with van der Waals surface area (Å²) in [7, 11) is 1.21. The van der Waals surface area contributed by atoms with Crippen molar-refractivity contribution in [2.75, 3.05) is 21.3 Å². The smallest absolute Gasteiger partial charge is 0.377 e. The lowest BCUT2D eigenvalue weighted by Crippen LogP contribution is -2.45. The van der Waals surface area contributed by atoms with Crippen LogP contribution in [0.25, 0.3) is 0 Å². The van der Waals surface area contributed by atoms with Gasteiger partial charge in [-0.3, -0.25) is 0 Å². The van der Waals surface area contributed by atoms with Crippen LogP contribution in [0.15, 0.2) is 24.3 Å². The molecule has 0 heterocycles. The van der Waals surface area contributed by atoms with Gasteiger partial charge in [0.1, 0.15) is 0 Å². The predicted molar refractivity (Wildman–Crippen MR) is 79.9 cm³/mol. The quantitative estimate of drug-likeness (QED) is 0.750. The highest BCUT2D eigenvalue weighted by molar-refractivity contribution is 6.88. The summed E-state index contributed by atoms with van der Waals surface area (Å²) in [6, 6.07) is 9.48. The Labute approximate surface area is 112 Å². The van der Waals surface area contributed by atoms with Gasteiger partial charge in [0.2, 0.25) is 0 Å². The van der Waals surface area contributed by atoms with Gasteiger partial charge >= 0.3 is 8.80 Å². The summed E-state index contributed by atoms with van der Waals surface area (Å²) in [5.74, 6) is 0. The first kappa shape index (κ1) is 15.6. The van der Waals surface area contributed by atoms with Crippen LogP contribution in [0.5, 0.6) is 0 Å². The van der Waals surface area contributed by atoms with Crippen LogP contribution in [0.1, 0.15) is 5.56 Å². The molecule has 1 rings (SSSR count).